The van der Waals surface area contributed by atoms with Crippen LogP contribution >= 0.6 is 23.4 Å². The summed E-state index contributed by atoms with van der Waals surface area (Å²) in [6, 6.07) is 29.8. The number of amidine groups is 1. The third kappa shape index (κ3) is 10.6. The van der Waals surface area contributed by atoms with Crippen LogP contribution in [0.1, 0.15) is 47.7 Å². The van der Waals surface area contributed by atoms with E-state index in [1.165, 1.54) is 11.0 Å². The monoisotopic (exact) mass is 771 g/mol. The summed E-state index contributed by atoms with van der Waals surface area (Å²) in [5.41, 5.74) is 4.34. The highest BCUT2D eigenvalue weighted by atomic mass is 35.5. The highest BCUT2D eigenvalue weighted by molar-refractivity contribution is 8.14. The SMILES string of the molecule is C=C/C=C\C(=C/C)N1C(=O)/C(=C/c2cc(CC=C)c(OCc3ccc(Cl)cc3)c(OCC)c2)C(=O)N=C1SCC(=O)NC(c1ccccc1)c1ccccc1. The lowest BCUT2D eigenvalue weighted by Gasteiger charge is -2.28. The van der Waals surface area contributed by atoms with Crippen molar-refractivity contribution >= 4 is 52.3 Å². The zero-order chi connectivity index (χ0) is 39.2. The third-order valence-electron chi connectivity index (χ3n) is 8.34. The maximum absolute atomic E-state index is 14.3. The van der Waals surface area contributed by atoms with Gasteiger partial charge in [-0.15, -0.1) is 6.58 Å². The van der Waals surface area contributed by atoms with E-state index in [0.29, 0.717) is 40.8 Å². The number of halogens is 1. The average Bonchev–Trinajstić information content (AvgIpc) is 3.20. The zero-order valence-electron chi connectivity index (χ0n) is 30.7. The summed E-state index contributed by atoms with van der Waals surface area (Å²) in [4.78, 5) is 47.2. The van der Waals surface area contributed by atoms with E-state index in [-0.39, 0.29) is 29.0 Å². The van der Waals surface area contributed by atoms with Crippen LogP contribution in [0.2, 0.25) is 5.02 Å². The topological polar surface area (TPSA) is 97.3 Å². The van der Waals surface area contributed by atoms with Gasteiger partial charge in [0.2, 0.25) is 5.91 Å². The molecule has 280 valence electrons. The second kappa shape index (κ2) is 20.0. The van der Waals surface area contributed by atoms with Gasteiger partial charge in [0.1, 0.15) is 12.2 Å². The molecule has 0 spiro atoms. The first-order valence-corrected chi connectivity index (χ1v) is 19.1. The summed E-state index contributed by atoms with van der Waals surface area (Å²) >= 11 is 7.07. The number of nitrogens with one attached hydrogen (secondary N) is 1. The van der Waals surface area contributed by atoms with Crippen molar-refractivity contribution in [1.82, 2.24) is 10.2 Å². The summed E-state index contributed by atoms with van der Waals surface area (Å²) in [6.45, 7) is 11.9. The minimum absolute atomic E-state index is 0.0772. The van der Waals surface area contributed by atoms with Crippen LogP contribution in [-0.2, 0) is 27.4 Å². The predicted octanol–water partition coefficient (Wildman–Crippen LogP) is 9.44. The molecule has 55 heavy (non-hydrogen) atoms. The standard InChI is InChI=1S/C45H42ClN3O5S/c1-5-9-21-37(7-3)49-44(52)38(27-32-26-35(16-6-2)42(39(28-32)53-8-4)54-29-31-22-24-36(46)25-23-31)43(51)48-45(49)55-30-40(50)47-41(33-17-12-10-13-18-33)34-19-14-11-15-20-34/h5-7,9-15,17-28,41H,1-2,8,16,29-30H2,3-4H3,(H,47,50)/b21-9-,37-7+,38-27+. The van der Waals surface area contributed by atoms with Crippen molar-refractivity contribution in [2.45, 2.75) is 32.9 Å². The van der Waals surface area contributed by atoms with Crippen LogP contribution in [0, 0.1) is 0 Å². The molecule has 5 rings (SSSR count). The van der Waals surface area contributed by atoms with Gasteiger partial charge in [0, 0.05) is 16.3 Å². The van der Waals surface area contributed by atoms with E-state index in [1.54, 1.807) is 55.5 Å². The largest absolute Gasteiger partial charge is 0.490 e. The van der Waals surface area contributed by atoms with E-state index in [4.69, 9.17) is 21.1 Å². The van der Waals surface area contributed by atoms with E-state index in [0.717, 1.165) is 34.0 Å². The van der Waals surface area contributed by atoms with Crippen molar-refractivity contribution in [3.05, 3.63) is 185 Å². The highest BCUT2D eigenvalue weighted by Gasteiger charge is 2.35. The molecule has 10 heteroatoms. The van der Waals surface area contributed by atoms with E-state index >= 15 is 0 Å². The lowest BCUT2D eigenvalue weighted by Crippen LogP contribution is -2.42. The van der Waals surface area contributed by atoms with Crippen LogP contribution in [-0.4, -0.2) is 40.1 Å². The molecule has 0 radical (unpaired) electrons. The van der Waals surface area contributed by atoms with Crippen LogP contribution in [0.5, 0.6) is 11.5 Å². The van der Waals surface area contributed by atoms with Crippen molar-refractivity contribution in [3.8, 4) is 11.5 Å². The zero-order valence-corrected chi connectivity index (χ0v) is 32.3. The third-order valence-corrected chi connectivity index (χ3v) is 9.53. The van der Waals surface area contributed by atoms with Gasteiger partial charge in [0.25, 0.3) is 11.8 Å². The van der Waals surface area contributed by atoms with Crippen LogP contribution in [0.25, 0.3) is 6.08 Å². The molecule has 0 aromatic heterocycles. The molecule has 0 fully saturated rings. The minimum Gasteiger partial charge on any atom is -0.490 e. The Bertz CT molecular complexity index is 2100. The van der Waals surface area contributed by atoms with Crippen LogP contribution < -0.4 is 14.8 Å². The lowest BCUT2D eigenvalue weighted by molar-refractivity contribution is -0.126. The highest BCUT2D eigenvalue weighted by Crippen LogP contribution is 2.36. The molecule has 1 aliphatic heterocycles. The molecular formula is C45H42ClN3O5S. The van der Waals surface area contributed by atoms with Crippen LogP contribution in [0.15, 0.2) is 157 Å². The van der Waals surface area contributed by atoms with Crippen LogP contribution in [0.4, 0.5) is 0 Å². The molecular weight excluding hydrogens is 730 g/mol. The first-order chi connectivity index (χ1) is 26.8. The molecule has 3 amide bonds. The van der Waals surface area contributed by atoms with E-state index < -0.39 is 17.9 Å². The minimum atomic E-state index is -0.731. The van der Waals surface area contributed by atoms with E-state index in [2.05, 4.69) is 23.5 Å². The number of nitrogens with zero attached hydrogens (tertiary/aromatic N) is 2. The van der Waals surface area contributed by atoms with Crippen LogP contribution in [0.3, 0.4) is 0 Å². The Morgan fingerprint density at radius 1 is 0.964 bits per heavy atom. The molecule has 0 aliphatic carbocycles. The van der Waals surface area contributed by atoms with Crippen molar-refractivity contribution in [2.24, 2.45) is 4.99 Å². The molecule has 8 nitrogen and oxygen atoms in total. The van der Waals surface area contributed by atoms with Gasteiger partial charge in [0.15, 0.2) is 16.7 Å². The average molecular weight is 772 g/mol. The molecule has 1 N–H and O–H groups in total. The smallest absolute Gasteiger partial charge is 0.285 e. The Morgan fingerprint density at radius 2 is 1.64 bits per heavy atom. The molecule has 0 saturated carbocycles. The van der Waals surface area contributed by atoms with Crippen molar-refractivity contribution in [1.29, 1.82) is 0 Å². The Kier molecular flexibility index (Phi) is 14.6. The Balaban J connectivity index is 1.45. The fraction of sp³-hybridized carbons (Fsp3) is 0.156. The molecule has 1 heterocycles. The molecule has 0 unspecified atom stereocenters. The van der Waals surface area contributed by atoms with Crippen molar-refractivity contribution in [3.63, 3.8) is 0 Å². The van der Waals surface area contributed by atoms with Gasteiger partial charge in [-0.3, -0.25) is 19.3 Å². The summed E-state index contributed by atoms with van der Waals surface area (Å²) in [5.74, 6) is -0.745. The Labute approximate surface area is 331 Å². The number of carbonyl (C=O) groups is 3. The molecule has 0 saturated heterocycles. The molecule has 0 atom stereocenters. The fourth-order valence-corrected chi connectivity index (χ4v) is 6.73. The maximum atomic E-state index is 14.3. The van der Waals surface area contributed by atoms with Gasteiger partial charge >= 0.3 is 0 Å². The van der Waals surface area contributed by atoms with E-state index in [9.17, 15) is 14.4 Å². The van der Waals surface area contributed by atoms with E-state index in [1.807, 2.05) is 85.8 Å². The molecule has 0 bridgehead atoms. The molecule has 4 aromatic rings. The van der Waals surface area contributed by atoms with Gasteiger partial charge in [-0.25, -0.2) is 0 Å². The molecule has 1 aliphatic rings. The Hall–Kier alpha value is -5.90. The van der Waals surface area contributed by atoms with Gasteiger partial charge in [-0.05, 0) is 78.9 Å². The summed E-state index contributed by atoms with van der Waals surface area (Å²) in [5, 5.41) is 3.82. The normalized spacial score (nSPS) is 14.0. The van der Waals surface area contributed by atoms with Crippen molar-refractivity contribution < 1.29 is 23.9 Å². The molecule has 4 aromatic carbocycles. The number of hydrogen-bond donors (Lipinski definition) is 1. The number of rotatable bonds is 16. The lowest BCUT2D eigenvalue weighted by atomic mass is 9.99. The quantitative estimate of drug-likeness (QED) is 0.0528. The second-order valence-corrected chi connectivity index (χ2v) is 13.5. The first kappa shape index (κ1) is 40.3. The predicted molar refractivity (Wildman–Crippen MR) is 223 cm³/mol. The Morgan fingerprint density at radius 3 is 2.24 bits per heavy atom. The second-order valence-electron chi connectivity index (χ2n) is 12.2. The summed E-state index contributed by atoms with van der Waals surface area (Å²) < 4.78 is 12.3. The number of carbonyl (C=O) groups excluding carboxylic acids is 3. The summed E-state index contributed by atoms with van der Waals surface area (Å²) in [6.07, 6.45) is 10.4. The number of hydrogen-bond acceptors (Lipinski definition) is 6. The number of allylic oxidation sites excluding steroid dienone is 5. The fourth-order valence-electron chi connectivity index (χ4n) is 5.80. The first-order valence-electron chi connectivity index (χ1n) is 17.7. The number of benzene rings is 4. The van der Waals surface area contributed by atoms with Gasteiger partial charge in [0.05, 0.1) is 18.4 Å². The number of amides is 3. The van der Waals surface area contributed by atoms with Gasteiger partial charge in [-0.2, -0.15) is 4.99 Å². The number of ether oxygens (including phenoxy) is 2. The maximum Gasteiger partial charge on any atom is 0.285 e. The van der Waals surface area contributed by atoms with Gasteiger partial charge < -0.3 is 14.8 Å². The van der Waals surface area contributed by atoms with Gasteiger partial charge in [-0.1, -0.05) is 127 Å². The van der Waals surface area contributed by atoms with Crippen molar-refractivity contribution in [2.75, 3.05) is 12.4 Å². The summed E-state index contributed by atoms with van der Waals surface area (Å²) in [7, 11) is 0. The number of thioether (sulfide) groups is 1. The number of aliphatic imine (C=N–C) groups is 1.